The summed E-state index contributed by atoms with van der Waals surface area (Å²) < 4.78 is 0. The maximum absolute atomic E-state index is 2.45. The first-order chi connectivity index (χ1) is 18.2. The molecule has 0 atom stereocenters. The van der Waals surface area contributed by atoms with Crippen LogP contribution in [0.2, 0.25) is 0 Å². The number of hydrogen-bond acceptors (Lipinski definition) is 2. The summed E-state index contributed by atoms with van der Waals surface area (Å²) >= 11 is 0. The zero-order valence-corrected chi connectivity index (χ0v) is 21.3. The van der Waals surface area contributed by atoms with Gasteiger partial charge in [-0.2, -0.15) is 0 Å². The van der Waals surface area contributed by atoms with Gasteiger partial charge >= 0.3 is 0 Å². The molecule has 0 fully saturated rings. The molecular weight excluding hydrogens is 448 g/mol. The van der Waals surface area contributed by atoms with Crippen molar-refractivity contribution >= 4 is 11.4 Å². The molecule has 0 saturated heterocycles. The quantitative estimate of drug-likeness (QED) is 0.250. The minimum atomic E-state index is 0.0111. The van der Waals surface area contributed by atoms with Crippen molar-refractivity contribution < 1.29 is 0 Å². The Morgan fingerprint density at radius 1 is 0.378 bits per heavy atom. The molecule has 1 aliphatic rings. The third-order valence-corrected chi connectivity index (χ3v) is 7.29. The molecule has 0 radical (unpaired) electrons. The lowest BCUT2D eigenvalue weighted by Gasteiger charge is -2.34. The van der Waals surface area contributed by atoms with Gasteiger partial charge in [0, 0.05) is 30.8 Å². The lowest BCUT2D eigenvalue weighted by atomic mass is 9.89. The highest BCUT2D eigenvalue weighted by Gasteiger charge is 2.38. The van der Waals surface area contributed by atoms with Crippen LogP contribution < -0.4 is 0 Å². The Bertz CT molecular complexity index is 1410. The molecule has 2 nitrogen and oxygen atoms in total. The Balaban J connectivity index is 1.61. The lowest BCUT2D eigenvalue weighted by Crippen LogP contribution is -2.28. The van der Waals surface area contributed by atoms with Crippen LogP contribution in [0.25, 0.3) is 33.6 Å². The van der Waals surface area contributed by atoms with E-state index < -0.39 is 0 Å². The SMILES string of the molecule is CN1C(c2ccccc2)=C(c2ccccc2)N(C)C1c1c(-c2ccccc2)cccc1-c1ccccc1. The van der Waals surface area contributed by atoms with Crippen LogP contribution in [0.15, 0.2) is 140 Å². The van der Waals surface area contributed by atoms with E-state index in [9.17, 15) is 0 Å². The predicted molar refractivity (Wildman–Crippen MR) is 155 cm³/mol. The molecule has 1 aliphatic heterocycles. The van der Waals surface area contributed by atoms with Crippen LogP contribution in [-0.2, 0) is 0 Å². The standard InChI is InChI=1S/C35H30N2/c1-36-33(28-20-11-5-12-21-28)34(29-22-13-6-14-23-29)37(2)35(36)32-30(26-16-7-3-8-17-26)24-15-25-31(32)27-18-9-4-10-19-27/h3-25,35H,1-2H3. The summed E-state index contributed by atoms with van der Waals surface area (Å²) in [6.45, 7) is 0. The van der Waals surface area contributed by atoms with E-state index >= 15 is 0 Å². The largest absolute Gasteiger partial charge is 0.348 e. The highest BCUT2D eigenvalue weighted by Crippen LogP contribution is 2.50. The molecule has 0 saturated carbocycles. The molecule has 1 heterocycles. The van der Waals surface area contributed by atoms with E-state index in [2.05, 4.69) is 163 Å². The van der Waals surface area contributed by atoms with Gasteiger partial charge in [-0.1, -0.05) is 140 Å². The van der Waals surface area contributed by atoms with Crippen molar-refractivity contribution in [3.63, 3.8) is 0 Å². The van der Waals surface area contributed by atoms with Crippen molar-refractivity contribution in [2.45, 2.75) is 6.17 Å². The molecule has 5 aromatic carbocycles. The molecule has 2 heteroatoms. The summed E-state index contributed by atoms with van der Waals surface area (Å²) in [6.07, 6.45) is 0.0111. The van der Waals surface area contributed by atoms with Crippen molar-refractivity contribution in [2.24, 2.45) is 0 Å². The second kappa shape index (κ2) is 9.83. The van der Waals surface area contributed by atoms with E-state index in [4.69, 9.17) is 0 Å². The molecule has 0 amide bonds. The first kappa shape index (κ1) is 22.9. The zero-order chi connectivity index (χ0) is 25.2. The summed E-state index contributed by atoms with van der Waals surface area (Å²) in [7, 11) is 4.46. The first-order valence-corrected chi connectivity index (χ1v) is 12.8. The Labute approximate surface area is 219 Å². The molecule has 0 bridgehead atoms. The molecule has 0 aromatic heterocycles. The van der Waals surface area contributed by atoms with Gasteiger partial charge in [0.1, 0.15) is 6.17 Å². The van der Waals surface area contributed by atoms with Crippen LogP contribution in [0.5, 0.6) is 0 Å². The fourth-order valence-corrected chi connectivity index (χ4v) is 5.68. The number of rotatable bonds is 5. The molecule has 37 heavy (non-hydrogen) atoms. The summed E-state index contributed by atoms with van der Waals surface area (Å²) in [5, 5.41) is 0. The zero-order valence-electron chi connectivity index (χ0n) is 21.3. The van der Waals surface area contributed by atoms with Crippen LogP contribution in [0.3, 0.4) is 0 Å². The van der Waals surface area contributed by atoms with Gasteiger partial charge in [0.05, 0.1) is 11.4 Å². The van der Waals surface area contributed by atoms with Crippen molar-refractivity contribution in [3.8, 4) is 22.3 Å². The fraction of sp³-hybridized carbons (Fsp3) is 0.0857. The van der Waals surface area contributed by atoms with Crippen LogP contribution in [0.4, 0.5) is 0 Å². The van der Waals surface area contributed by atoms with E-state index in [0.29, 0.717) is 0 Å². The molecule has 6 rings (SSSR count). The van der Waals surface area contributed by atoms with Crippen LogP contribution in [0, 0.1) is 0 Å². The van der Waals surface area contributed by atoms with Gasteiger partial charge in [-0.15, -0.1) is 0 Å². The topological polar surface area (TPSA) is 6.48 Å². The minimum Gasteiger partial charge on any atom is -0.348 e. The van der Waals surface area contributed by atoms with E-state index in [-0.39, 0.29) is 6.17 Å². The number of hydrogen-bond donors (Lipinski definition) is 0. The van der Waals surface area contributed by atoms with Gasteiger partial charge in [-0.05, 0) is 22.3 Å². The Morgan fingerprint density at radius 3 is 1.05 bits per heavy atom. The van der Waals surface area contributed by atoms with Crippen molar-refractivity contribution in [1.82, 2.24) is 9.80 Å². The Morgan fingerprint density at radius 2 is 0.703 bits per heavy atom. The van der Waals surface area contributed by atoms with Crippen molar-refractivity contribution in [2.75, 3.05) is 14.1 Å². The second-order valence-electron chi connectivity index (χ2n) is 9.52. The van der Waals surface area contributed by atoms with E-state index in [1.165, 1.54) is 50.3 Å². The Hall–Kier alpha value is -4.56. The van der Waals surface area contributed by atoms with Gasteiger partial charge in [0.25, 0.3) is 0 Å². The van der Waals surface area contributed by atoms with Crippen LogP contribution in [-0.4, -0.2) is 23.9 Å². The van der Waals surface area contributed by atoms with E-state index in [1.54, 1.807) is 0 Å². The molecular formula is C35H30N2. The summed E-state index contributed by atoms with van der Waals surface area (Å²) in [5.41, 5.74) is 11.2. The average Bonchev–Trinajstić information content (AvgIpc) is 3.23. The van der Waals surface area contributed by atoms with Gasteiger partial charge in [0.15, 0.2) is 0 Å². The van der Waals surface area contributed by atoms with Crippen molar-refractivity contribution in [3.05, 3.63) is 156 Å². The third kappa shape index (κ3) is 4.11. The highest BCUT2D eigenvalue weighted by atomic mass is 15.4. The van der Waals surface area contributed by atoms with Gasteiger partial charge in [0.2, 0.25) is 0 Å². The van der Waals surface area contributed by atoms with E-state index in [1.807, 2.05) is 0 Å². The van der Waals surface area contributed by atoms with Crippen LogP contribution >= 0.6 is 0 Å². The minimum absolute atomic E-state index is 0.0111. The average molecular weight is 479 g/mol. The number of nitrogens with zero attached hydrogens (tertiary/aromatic N) is 2. The van der Waals surface area contributed by atoms with Gasteiger partial charge in [-0.25, -0.2) is 0 Å². The molecule has 180 valence electrons. The molecule has 0 N–H and O–H groups in total. The summed E-state index contributed by atoms with van der Waals surface area (Å²) in [4.78, 5) is 4.90. The normalized spacial score (nSPS) is 13.9. The monoisotopic (exact) mass is 478 g/mol. The molecule has 0 unspecified atom stereocenters. The van der Waals surface area contributed by atoms with E-state index in [0.717, 1.165) is 0 Å². The maximum atomic E-state index is 2.45. The Kier molecular flexibility index (Phi) is 6.08. The predicted octanol–water partition coefficient (Wildman–Crippen LogP) is 8.42. The second-order valence-corrected chi connectivity index (χ2v) is 9.52. The third-order valence-electron chi connectivity index (χ3n) is 7.29. The molecule has 5 aromatic rings. The smallest absolute Gasteiger partial charge is 0.129 e. The fourth-order valence-electron chi connectivity index (χ4n) is 5.68. The van der Waals surface area contributed by atoms with Gasteiger partial charge < -0.3 is 9.80 Å². The van der Waals surface area contributed by atoms with Crippen molar-refractivity contribution in [1.29, 1.82) is 0 Å². The molecule has 0 spiro atoms. The highest BCUT2D eigenvalue weighted by molar-refractivity contribution is 5.92. The summed E-state index contributed by atoms with van der Waals surface area (Å²) in [6, 6.07) is 49.8. The maximum Gasteiger partial charge on any atom is 0.129 e. The lowest BCUT2D eigenvalue weighted by molar-refractivity contribution is 0.224. The summed E-state index contributed by atoms with van der Waals surface area (Å²) in [5.74, 6) is 0. The van der Waals surface area contributed by atoms with Crippen LogP contribution in [0.1, 0.15) is 22.9 Å². The first-order valence-electron chi connectivity index (χ1n) is 12.8. The number of benzene rings is 5. The van der Waals surface area contributed by atoms with Gasteiger partial charge in [-0.3, -0.25) is 0 Å². The molecule has 0 aliphatic carbocycles.